The summed E-state index contributed by atoms with van der Waals surface area (Å²) in [4.78, 5) is 16.5. The molecule has 0 spiro atoms. The highest BCUT2D eigenvalue weighted by molar-refractivity contribution is 5.94. The molecule has 2 aliphatic rings. The summed E-state index contributed by atoms with van der Waals surface area (Å²) in [6.07, 6.45) is 2.22. The summed E-state index contributed by atoms with van der Waals surface area (Å²) in [7, 11) is 0. The Hall–Kier alpha value is -2.32. The van der Waals surface area contributed by atoms with Crippen molar-refractivity contribution in [1.82, 2.24) is 10.2 Å². The summed E-state index contributed by atoms with van der Waals surface area (Å²) < 4.78 is 0. The highest BCUT2D eigenvalue weighted by Gasteiger charge is 2.30. The number of piperidine rings is 1. The molecule has 0 aliphatic carbocycles. The molecule has 2 amide bonds. The minimum Gasteiger partial charge on any atom is -0.320 e. The van der Waals surface area contributed by atoms with E-state index in [1.165, 1.54) is 0 Å². The first kappa shape index (κ1) is 15.6. The molecule has 0 bridgehead atoms. The SMILES string of the molecule is C=C1CN(CC2CCNCC2)C(=O)N(c2cccc(C#N)c2)C1. The quantitative estimate of drug-likeness (QED) is 0.872. The summed E-state index contributed by atoms with van der Waals surface area (Å²) in [5, 5.41) is 12.4. The van der Waals surface area contributed by atoms with Gasteiger partial charge in [0.15, 0.2) is 0 Å². The lowest BCUT2D eigenvalue weighted by Crippen LogP contribution is -2.52. The van der Waals surface area contributed by atoms with Gasteiger partial charge in [-0.3, -0.25) is 4.90 Å². The Morgan fingerprint density at radius 2 is 2.09 bits per heavy atom. The first-order valence-corrected chi connectivity index (χ1v) is 8.11. The Balaban J connectivity index is 1.76. The highest BCUT2D eigenvalue weighted by atomic mass is 16.2. The van der Waals surface area contributed by atoms with Crippen molar-refractivity contribution < 1.29 is 4.79 Å². The van der Waals surface area contributed by atoms with E-state index in [1.54, 1.807) is 17.0 Å². The van der Waals surface area contributed by atoms with Crippen LogP contribution in [0.3, 0.4) is 0 Å². The third-order valence-electron chi connectivity index (χ3n) is 4.52. The normalized spacial score (nSPS) is 19.8. The lowest BCUT2D eigenvalue weighted by Gasteiger charge is -2.39. The number of nitrogens with zero attached hydrogens (tertiary/aromatic N) is 3. The number of anilines is 1. The van der Waals surface area contributed by atoms with E-state index < -0.39 is 0 Å². The number of carbonyl (C=O) groups excluding carboxylic acids is 1. The number of nitrogens with one attached hydrogen (secondary N) is 1. The molecular formula is C18H22N4O. The first-order valence-electron chi connectivity index (χ1n) is 8.11. The molecule has 1 aromatic rings. The lowest BCUT2D eigenvalue weighted by molar-refractivity contribution is 0.186. The van der Waals surface area contributed by atoms with E-state index in [9.17, 15) is 4.79 Å². The molecule has 2 heterocycles. The van der Waals surface area contributed by atoms with Crippen LogP contribution in [0.5, 0.6) is 0 Å². The Kier molecular flexibility index (Phi) is 4.63. The van der Waals surface area contributed by atoms with Gasteiger partial charge in [-0.25, -0.2) is 4.79 Å². The van der Waals surface area contributed by atoms with Crippen LogP contribution >= 0.6 is 0 Å². The van der Waals surface area contributed by atoms with E-state index in [0.29, 0.717) is 24.6 Å². The number of hydrogen-bond acceptors (Lipinski definition) is 3. The van der Waals surface area contributed by atoms with Gasteiger partial charge in [-0.15, -0.1) is 0 Å². The molecule has 3 rings (SSSR count). The maximum atomic E-state index is 12.9. The molecule has 5 nitrogen and oxygen atoms in total. The topological polar surface area (TPSA) is 59.4 Å². The van der Waals surface area contributed by atoms with Gasteiger partial charge in [-0.05, 0) is 55.6 Å². The van der Waals surface area contributed by atoms with E-state index in [0.717, 1.165) is 43.7 Å². The molecule has 1 aromatic carbocycles. The number of urea groups is 1. The molecule has 0 unspecified atom stereocenters. The minimum atomic E-state index is 0.0195. The summed E-state index contributed by atoms with van der Waals surface area (Å²) in [5.74, 6) is 0.554. The third kappa shape index (κ3) is 3.54. The molecule has 120 valence electrons. The minimum absolute atomic E-state index is 0.0195. The molecule has 2 saturated heterocycles. The molecule has 2 aliphatic heterocycles. The van der Waals surface area contributed by atoms with Crippen LogP contribution in [-0.2, 0) is 0 Å². The van der Waals surface area contributed by atoms with Crippen LogP contribution in [0.2, 0.25) is 0 Å². The summed E-state index contributed by atoms with van der Waals surface area (Å²) in [6.45, 7) is 8.10. The van der Waals surface area contributed by atoms with Crippen molar-refractivity contribution in [2.24, 2.45) is 5.92 Å². The summed E-state index contributed by atoms with van der Waals surface area (Å²) in [5.41, 5.74) is 2.36. The predicted octanol–water partition coefficient (Wildman–Crippen LogP) is 2.36. The Morgan fingerprint density at radius 1 is 1.30 bits per heavy atom. The number of benzene rings is 1. The van der Waals surface area contributed by atoms with Gasteiger partial charge in [0.25, 0.3) is 0 Å². The van der Waals surface area contributed by atoms with Crippen LogP contribution in [-0.4, -0.2) is 43.7 Å². The molecule has 1 N–H and O–H groups in total. The van der Waals surface area contributed by atoms with Crippen LogP contribution < -0.4 is 10.2 Å². The van der Waals surface area contributed by atoms with Crippen molar-refractivity contribution in [1.29, 1.82) is 5.26 Å². The second-order valence-corrected chi connectivity index (χ2v) is 6.35. The van der Waals surface area contributed by atoms with Gasteiger partial charge in [0.05, 0.1) is 18.2 Å². The fraction of sp³-hybridized carbons (Fsp3) is 0.444. The van der Waals surface area contributed by atoms with E-state index >= 15 is 0 Å². The standard InChI is InChI=1S/C18H22N4O/c1-14-11-21(13-15-5-7-20-8-6-15)18(23)22(12-14)17-4-2-3-16(9-17)10-19/h2-4,9,15,20H,1,5-8,11-13H2. The largest absolute Gasteiger partial charge is 0.325 e. The van der Waals surface area contributed by atoms with Gasteiger partial charge in [-0.1, -0.05) is 12.6 Å². The van der Waals surface area contributed by atoms with Gasteiger partial charge in [0.2, 0.25) is 0 Å². The molecule has 0 atom stereocenters. The van der Waals surface area contributed by atoms with Gasteiger partial charge in [0, 0.05) is 18.8 Å². The Bertz CT molecular complexity index is 643. The summed E-state index contributed by atoms with van der Waals surface area (Å²) >= 11 is 0. The molecule has 0 saturated carbocycles. The zero-order valence-corrected chi connectivity index (χ0v) is 13.3. The molecule has 2 fully saturated rings. The van der Waals surface area contributed by atoms with Gasteiger partial charge >= 0.3 is 6.03 Å². The first-order chi connectivity index (χ1) is 11.2. The second-order valence-electron chi connectivity index (χ2n) is 6.35. The molecule has 5 heteroatoms. The maximum Gasteiger partial charge on any atom is 0.325 e. The Morgan fingerprint density at radius 3 is 2.83 bits per heavy atom. The van der Waals surface area contributed by atoms with Crippen molar-refractivity contribution in [2.45, 2.75) is 12.8 Å². The fourth-order valence-corrected chi connectivity index (χ4v) is 3.31. The average Bonchev–Trinajstić information content (AvgIpc) is 2.59. The second kappa shape index (κ2) is 6.84. The molecule has 23 heavy (non-hydrogen) atoms. The number of amides is 2. The van der Waals surface area contributed by atoms with Gasteiger partial charge < -0.3 is 10.2 Å². The number of hydrogen-bond donors (Lipinski definition) is 1. The predicted molar refractivity (Wildman–Crippen MR) is 90.2 cm³/mol. The number of nitriles is 1. The van der Waals surface area contributed by atoms with E-state index in [-0.39, 0.29) is 6.03 Å². The van der Waals surface area contributed by atoms with Gasteiger partial charge in [-0.2, -0.15) is 5.26 Å². The van der Waals surface area contributed by atoms with Crippen molar-refractivity contribution in [3.8, 4) is 6.07 Å². The maximum absolute atomic E-state index is 12.9. The number of rotatable bonds is 3. The van der Waals surface area contributed by atoms with E-state index in [2.05, 4.69) is 18.0 Å². The fourth-order valence-electron chi connectivity index (χ4n) is 3.31. The Labute approximate surface area is 137 Å². The van der Waals surface area contributed by atoms with Crippen LogP contribution in [0.25, 0.3) is 0 Å². The summed E-state index contributed by atoms with van der Waals surface area (Å²) in [6, 6.07) is 9.35. The van der Waals surface area contributed by atoms with Crippen LogP contribution in [0.15, 0.2) is 36.4 Å². The molecular weight excluding hydrogens is 288 g/mol. The van der Waals surface area contributed by atoms with Crippen molar-refractivity contribution in [2.75, 3.05) is 37.6 Å². The highest BCUT2D eigenvalue weighted by Crippen LogP contribution is 2.24. The number of carbonyl (C=O) groups is 1. The van der Waals surface area contributed by atoms with Crippen LogP contribution in [0.1, 0.15) is 18.4 Å². The van der Waals surface area contributed by atoms with Crippen molar-refractivity contribution in [3.63, 3.8) is 0 Å². The zero-order valence-electron chi connectivity index (χ0n) is 13.3. The van der Waals surface area contributed by atoms with Gasteiger partial charge in [0.1, 0.15) is 0 Å². The third-order valence-corrected chi connectivity index (χ3v) is 4.52. The van der Waals surface area contributed by atoms with Crippen molar-refractivity contribution in [3.05, 3.63) is 42.0 Å². The molecule has 0 radical (unpaired) electrons. The van der Waals surface area contributed by atoms with Crippen molar-refractivity contribution >= 4 is 11.7 Å². The monoisotopic (exact) mass is 310 g/mol. The smallest absolute Gasteiger partial charge is 0.320 e. The van der Waals surface area contributed by atoms with E-state index in [1.807, 2.05) is 17.0 Å². The average molecular weight is 310 g/mol. The zero-order chi connectivity index (χ0) is 16.2. The lowest BCUT2D eigenvalue weighted by atomic mass is 9.97. The van der Waals surface area contributed by atoms with Crippen LogP contribution in [0.4, 0.5) is 10.5 Å². The van der Waals surface area contributed by atoms with Crippen LogP contribution in [0, 0.1) is 17.2 Å². The van der Waals surface area contributed by atoms with E-state index in [4.69, 9.17) is 5.26 Å². The molecule has 0 aromatic heterocycles.